The van der Waals surface area contributed by atoms with Crippen molar-refractivity contribution in [2.45, 2.75) is 0 Å². The van der Waals surface area contributed by atoms with Crippen LogP contribution in [0.3, 0.4) is 0 Å². The zero-order valence-electron chi connectivity index (χ0n) is 5.66. The lowest BCUT2D eigenvalue weighted by Gasteiger charge is -1.87. The van der Waals surface area contributed by atoms with Crippen LogP contribution < -0.4 is 16.0 Å². The standard InChI is InChI=1S/C7H7NO3/c1-4-2-3-8-6(9)5(4)7(10)11/h2-3,10-11H,1H2,(H,8,9). The van der Waals surface area contributed by atoms with Crippen LogP contribution in [0.2, 0.25) is 0 Å². The smallest absolute Gasteiger partial charge is 0.288 e. The van der Waals surface area contributed by atoms with Gasteiger partial charge in [0.25, 0.3) is 11.5 Å². The van der Waals surface area contributed by atoms with Crippen LogP contribution in [0, 0.1) is 0 Å². The second-order valence-corrected chi connectivity index (χ2v) is 2.03. The molecule has 0 bridgehead atoms. The highest BCUT2D eigenvalue weighted by Crippen LogP contribution is 1.65. The van der Waals surface area contributed by atoms with E-state index in [2.05, 4.69) is 11.6 Å². The number of pyridine rings is 1. The van der Waals surface area contributed by atoms with E-state index in [1.807, 2.05) is 0 Å². The predicted molar refractivity (Wildman–Crippen MR) is 40.5 cm³/mol. The molecule has 58 valence electrons. The van der Waals surface area contributed by atoms with Crippen molar-refractivity contribution in [3.05, 3.63) is 33.1 Å². The summed E-state index contributed by atoms with van der Waals surface area (Å²) in [7, 11) is 0. The Hall–Kier alpha value is -1.71. The highest BCUT2D eigenvalue weighted by Gasteiger charge is 1.95. The number of aliphatic hydroxyl groups excluding tert-OH is 1. The molecule has 0 saturated carbocycles. The third kappa shape index (κ3) is 1.24. The van der Waals surface area contributed by atoms with Crippen molar-refractivity contribution in [2.75, 3.05) is 0 Å². The molecule has 1 rings (SSSR count). The molecule has 0 aliphatic rings. The van der Waals surface area contributed by atoms with Gasteiger partial charge in [0, 0.05) is 6.20 Å². The first-order chi connectivity index (χ1) is 5.13. The molecule has 0 radical (unpaired) electrons. The van der Waals surface area contributed by atoms with Crippen molar-refractivity contribution < 1.29 is 10.2 Å². The molecule has 1 heterocycles. The SMILES string of the molecule is C=c1cc[nH]c(=O)c1=C(O)O. The Balaban J connectivity index is 3.89. The van der Waals surface area contributed by atoms with Gasteiger partial charge in [-0.05, 0) is 11.3 Å². The summed E-state index contributed by atoms with van der Waals surface area (Å²) in [5.74, 6) is -1.00. The van der Waals surface area contributed by atoms with E-state index in [0.717, 1.165) is 0 Å². The summed E-state index contributed by atoms with van der Waals surface area (Å²) in [5, 5.41) is 17.3. The molecule has 0 aliphatic heterocycles. The molecule has 4 nitrogen and oxygen atoms in total. The van der Waals surface area contributed by atoms with E-state index in [0.29, 0.717) is 0 Å². The van der Waals surface area contributed by atoms with Gasteiger partial charge in [0.15, 0.2) is 0 Å². The highest BCUT2D eigenvalue weighted by atomic mass is 16.5. The molecular formula is C7H7NO3. The molecule has 0 saturated heterocycles. The molecule has 0 spiro atoms. The molecule has 0 aromatic carbocycles. The summed E-state index contributed by atoms with van der Waals surface area (Å²) in [6.07, 6.45) is 1.39. The molecule has 4 heteroatoms. The van der Waals surface area contributed by atoms with Crippen molar-refractivity contribution in [2.24, 2.45) is 0 Å². The Morgan fingerprint density at radius 3 is 2.55 bits per heavy atom. The fraction of sp³-hybridized carbons (Fsp3) is 0. The van der Waals surface area contributed by atoms with Gasteiger partial charge in [-0.2, -0.15) is 0 Å². The average molecular weight is 153 g/mol. The van der Waals surface area contributed by atoms with E-state index in [-0.39, 0.29) is 10.4 Å². The van der Waals surface area contributed by atoms with Crippen molar-refractivity contribution in [3.63, 3.8) is 0 Å². The van der Waals surface area contributed by atoms with E-state index in [4.69, 9.17) is 10.2 Å². The number of H-pyrrole nitrogens is 1. The topological polar surface area (TPSA) is 73.3 Å². The summed E-state index contributed by atoms with van der Waals surface area (Å²) >= 11 is 0. The molecule has 11 heavy (non-hydrogen) atoms. The first kappa shape index (κ1) is 7.40. The molecule has 3 N–H and O–H groups in total. The van der Waals surface area contributed by atoms with Crippen molar-refractivity contribution >= 4 is 12.5 Å². The van der Waals surface area contributed by atoms with E-state index in [1.165, 1.54) is 12.3 Å². The number of hydrogen-bond donors (Lipinski definition) is 3. The maximum atomic E-state index is 10.8. The summed E-state index contributed by atoms with van der Waals surface area (Å²) < 4.78 is 0. The van der Waals surface area contributed by atoms with E-state index < -0.39 is 11.5 Å². The van der Waals surface area contributed by atoms with Crippen LogP contribution in [0.4, 0.5) is 0 Å². The van der Waals surface area contributed by atoms with Crippen molar-refractivity contribution in [1.29, 1.82) is 0 Å². The maximum Gasteiger partial charge on any atom is 0.288 e. The third-order valence-electron chi connectivity index (χ3n) is 1.27. The minimum atomic E-state index is -1.00. The minimum absolute atomic E-state index is 0.187. The third-order valence-corrected chi connectivity index (χ3v) is 1.27. The van der Waals surface area contributed by atoms with E-state index >= 15 is 0 Å². The second kappa shape index (κ2) is 2.49. The summed E-state index contributed by atoms with van der Waals surface area (Å²) in [5.41, 5.74) is -0.558. The second-order valence-electron chi connectivity index (χ2n) is 2.03. The van der Waals surface area contributed by atoms with Crippen LogP contribution in [0.15, 0.2) is 17.1 Å². The van der Waals surface area contributed by atoms with Crippen LogP contribution in [0.25, 0.3) is 12.5 Å². The molecule has 0 atom stereocenters. The largest absolute Gasteiger partial charge is 0.481 e. The van der Waals surface area contributed by atoms with Gasteiger partial charge in [0.2, 0.25) is 0 Å². The lowest BCUT2D eigenvalue weighted by molar-refractivity contribution is 0.297. The minimum Gasteiger partial charge on any atom is -0.481 e. The van der Waals surface area contributed by atoms with Crippen molar-refractivity contribution in [3.8, 4) is 0 Å². The van der Waals surface area contributed by atoms with Gasteiger partial charge >= 0.3 is 0 Å². The molecular weight excluding hydrogens is 146 g/mol. The van der Waals surface area contributed by atoms with Gasteiger partial charge in [-0.15, -0.1) is 0 Å². The number of aromatic nitrogens is 1. The van der Waals surface area contributed by atoms with Crippen LogP contribution in [0.5, 0.6) is 0 Å². The molecule has 0 aliphatic carbocycles. The maximum absolute atomic E-state index is 10.8. The number of rotatable bonds is 0. The predicted octanol–water partition coefficient (Wildman–Crippen LogP) is -1.03. The van der Waals surface area contributed by atoms with Crippen LogP contribution in [-0.4, -0.2) is 15.2 Å². The normalized spacial score (nSPS) is 9.45. The monoisotopic (exact) mass is 153 g/mol. The van der Waals surface area contributed by atoms with Crippen LogP contribution >= 0.6 is 0 Å². The zero-order valence-corrected chi connectivity index (χ0v) is 5.66. The Morgan fingerprint density at radius 1 is 1.55 bits per heavy atom. The van der Waals surface area contributed by atoms with Gasteiger partial charge in [-0.1, -0.05) is 6.58 Å². The van der Waals surface area contributed by atoms with Crippen LogP contribution in [-0.2, 0) is 0 Å². The van der Waals surface area contributed by atoms with Gasteiger partial charge in [-0.3, -0.25) is 4.79 Å². The number of nitrogens with one attached hydrogen (secondary N) is 1. The van der Waals surface area contributed by atoms with E-state index in [9.17, 15) is 4.79 Å². The Bertz CT molecular complexity index is 383. The first-order valence-corrected chi connectivity index (χ1v) is 2.92. The number of aromatic amines is 1. The lowest BCUT2D eigenvalue weighted by atomic mass is 10.3. The van der Waals surface area contributed by atoms with Crippen molar-refractivity contribution in [1.82, 2.24) is 4.98 Å². The Morgan fingerprint density at radius 2 is 2.18 bits per heavy atom. The molecule has 0 amide bonds. The van der Waals surface area contributed by atoms with E-state index in [1.54, 1.807) is 0 Å². The summed E-state index contributed by atoms with van der Waals surface area (Å²) in [4.78, 5) is 13.1. The Kier molecular flexibility index (Phi) is 1.68. The number of hydrogen-bond acceptors (Lipinski definition) is 3. The number of aliphatic hydroxyl groups is 2. The molecule has 1 aromatic rings. The molecule has 0 fully saturated rings. The van der Waals surface area contributed by atoms with Gasteiger partial charge in [-0.25, -0.2) is 0 Å². The average Bonchev–Trinajstić information content (AvgIpc) is 1.85. The fourth-order valence-electron chi connectivity index (χ4n) is 0.764. The highest BCUT2D eigenvalue weighted by molar-refractivity contribution is 5.24. The fourth-order valence-corrected chi connectivity index (χ4v) is 0.764. The lowest BCUT2D eigenvalue weighted by Crippen LogP contribution is -2.41. The van der Waals surface area contributed by atoms with Gasteiger partial charge in [0.1, 0.15) is 5.22 Å². The van der Waals surface area contributed by atoms with Gasteiger partial charge in [0.05, 0.1) is 0 Å². The summed E-state index contributed by atoms with van der Waals surface area (Å²) in [6, 6.07) is 1.48. The molecule has 1 aromatic heterocycles. The molecule has 0 unspecified atom stereocenters. The quantitative estimate of drug-likeness (QED) is 0.446. The van der Waals surface area contributed by atoms with Crippen LogP contribution in [0.1, 0.15) is 0 Å². The first-order valence-electron chi connectivity index (χ1n) is 2.92. The summed E-state index contributed by atoms with van der Waals surface area (Å²) in [6.45, 7) is 3.44. The Labute approximate surface area is 61.8 Å². The van der Waals surface area contributed by atoms with Gasteiger partial charge < -0.3 is 15.2 Å². The zero-order chi connectivity index (χ0) is 8.43.